The smallest absolute Gasteiger partial charge is 0.255 e. The number of nitrogens with zero attached hydrogens (tertiary/aromatic N) is 1. The van der Waals surface area contributed by atoms with Crippen molar-refractivity contribution in [2.75, 3.05) is 0 Å². The van der Waals surface area contributed by atoms with E-state index < -0.39 is 6.04 Å². The quantitative estimate of drug-likeness (QED) is 0.526. The summed E-state index contributed by atoms with van der Waals surface area (Å²) in [4.78, 5) is 37.1. The summed E-state index contributed by atoms with van der Waals surface area (Å²) in [7, 11) is 0. The number of hydrogen-bond donors (Lipinski definition) is 1. The Morgan fingerprint density at radius 2 is 2.05 bits per heavy atom. The van der Waals surface area contributed by atoms with Gasteiger partial charge in [0.15, 0.2) is 0 Å². The Morgan fingerprint density at radius 3 is 2.75 bits per heavy atom. The fourth-order valence-electron chi connectivity index (χ4n) is 2.58. The number of rotatable bonds is 1. The van der Waals surface area contributed by atoms with Crippen LogP contribution in [0.25, 0.3) is 0 Å². The minimum Gasteiger partial charge on any atom is -0.322 e. The Kier molecular flexibility index (Phi) is 3.57. The highest BCUT2D eigenvalue weighted by atomic mass is 127. The van der Waals surface area contributed by atoms with Gasteiger partial charge in [-0.25, -0.2) is 0 Å². The van der Waals surface area contributed by atoms with Gasteiger partial charge in [0.2, 0.25) is 11.8 Å². The van der Waals surface area contributed by atoms with Gasteiger partial charge in [-0.3, -0.25) is 19.7 Å². The molecule has 1 N–H and O–H groups in total. The second-order valence-corrected chi connectivity index (χ2v) is 6.74. The van der Waals surface area contributed by atoms with E-state index in [0.717, 1.165) is 13.6 Å². The average molecular weight is 449 g/mol. The number of halogens is 2. The van der Waals surface area contributed by atoms with Gasteiger partial charge >= 0.3 is 0 Å². The number of carbonyl (C=O) groups is 3. The van der Waals surface area contributed by atoms with Gasteiger partial charge in [-0.1, -0.05) is 0 Å². The summed E-state index contributed by atoms with van der Waals surface area (Å²) in [5.74, 6) is -0.800. The van der Waals surface area contributed by atoms with Crippen molar-refractivity contribution in [3.63, 3.8) is 0 Å². The van der Waals surface area contributed by atoms with E-state index in [4.69, 9.17) is 0 Å². The summed E-state index contributed by atoms with van der Waals surface area (Å²) in [5.41, 5.74) is 1.54. The van der Waals surface area contributed by atoms with Crippen LogP contribution < -0.4 is 5.32 Å². The minimum absolute atomic E-state index is 0.147. The molecule has 1 saturated heterocycles. The van der Waals surface area contributed by atoms with Crippen LogP contribution in [0.1, 0.15) is 28.8 Å². The van der Waals surface area contributed by atoms with Crippen LogP contribution in [-0.2, 0) is 16.1 Å². The molecule has 1 unspecified atom stereocenters. The predicted octanol–water partition coefficient (Wildman–Crippen LogP) is 1.81. The van der Waals surface area contributed by atoms with Crippen LogP contribution in [0.5, 0.6) is 0 Å². The molecule has 1 fully saturated rings. The Balaban J connectivity index is 1.92. The summed E-state index contributed by atoms with van der Waals surface area (Å²) >= 11 is 5.69. The highest BCUT2D eigenvalue weighted by Crippen LogP contribution is 2.34. The zero-order valence-corrected chi connectivity index (χ0v) is 14.0. The largest absolute Gasteiger partial charge is 0.322 e. The van der Waals surface area contributed by atoms with E-state index in [9.17, 15) is 14.4 Å². The molecule has 0 aromatic heterocycles. The third kappa shape index (κ3) is 2.16. The first-order chi connectivity index (χ1) is 9.49. The molecule has 5 nitrogen and oxygen atoms in total. The molecule has 104 valence electrons. The molecule has 0 spiro atoms. The van der Waals surface area contributed by atoms with Gasteiger partial charge in [-0.05, 0) is 62.6 Å². The van der Waals surface area contributed by atoms with Crippen molar-refractivity contribution in [1.82, 2.24) is 10.2 Å². The predicted molar refractivity (Wildman–Crippen MR) is 82.9 cm³/mol. The lowest BCUT2D eigenvalue weighted by Gasteiger charge is -2.29. The summed E-state index contributed by atoms with van der Waals surface area (Å²) in [5, 5.41) is 2.29. The molecule has 20 heavy (non-hydrogen) atoms. The summed E-state index contributed by atoms with van der Waals surface area (Å²) in [6, 6.07) is 3.10. The van der Waals surface area contributed by atoms with Crippen molar-refractivity contribution >= 4 is 56.2 Å². The fourth-order valence-corrected chi connectivity index (χ4v) is 3.55. The number of imide groups is 1. The van der Waals surface area contributed by atoms with E-state index >= 15 is 0 Å². The molecule has 0 saturated carbocycles. The Hall–Kier alpha value is -0.960. The number of piperidine rings is 1. The van der Waals surface area contributed by atoms with Crippen LogP contribution in [0, 0.1) is 3.57 Å². The number of nitrogens with one attached hydrogen (secondary N) is 1. The third-order valence-electron chi connectivity index (χ3n) is 3.60. The molecule has 7 heteroatoms. The Bertz CT molecular complexity index is 647. The fraction of sp³-hybridized carbons (Fsp3) is 0.308. The lowest BCUT2D eigenvalue weighted by atomic mass is 10.0. The van der Waals surface area contributed by atoms with Crippen molar-refractivity contribution in [1.29, 1.82) is 0 Å². The van der Waals surface area contributed by atoms with Gasteiger partial charge in [0.05, 0.1) is 0 Å². The molecular weight excluding hydrogens is 439 g/mol. The Labute approximate surface area is 137 Å². The molecule has 3 amide bonds. The SMILES string of the molecule is O=C1CCC(N2Cc3c(ccc(I)c3Br)C2=O)C(=O)N1. The van der Waals surface area contributed by atoms with Crippen molar-refractivity contribution in [2.45, 2.75) is 25.4 Å². The topological polar surface area (TPSA) is 66.5 Å². The highest BCUT2D eigenvalue weighted by Gasteiger charge is 2.39. The second-order valence-electron chi connectivity index (χ2n) is 4.79. The van der Waals surface area contributed by atoms with Crippen LogP contribution in [0.2, 0.25) is 0 Å². The van der Waals surface area contributed by atoms with Crippen LogP contribution in [0.4, 0.5) is 0 Å². The van der Waals surface area contributed by atoms with Crippen LogP contribution in [0.15, 0.2) is 16.6 Å². The number of hydrogen-bond acceptors (Lipinski definition) is 3. The molecule has 2 aliphatic rings. The minimum atomic E-state index is -0.558. The lowest BCUT2D eigenvalue weighted by Crippen LogP contribution is -2.52. The number of fused-ring (bicyclic) bond motifs is 1. The van der Waals surface area contributed by atoms with Crippen molar-refractivity contribution < 1.29 is 14.4 Å². The van der Waals surface area contributed by atoms with Crippen LogP contribution in [0.3, 0.4) is 0 Å². The third-order valence-corrected chi connectivity index (χ3v) is 6.15. The van der Waals surface area contributed by atoms with Gasteiger partial charge in [-0.2, -0.15) is 0 Å². The standard InChI is InChI=1S/C13H10BrIN2O3/c14-11-7-5-17(9-3-4-10(18)16-12(9)19)13(20)6(7)1-2-8(11)15/h1-2,9H,3-5H2,(H,16,18,19). The van der Waals surface area contributed by atoms with Crippen molar-refractivity contribution in [2.24, 2.45) is 0 Å². The van der Waals surface area contributed by atoms with Gasteiger partial charge in [0, 0.05) is 26.6 Å². The number of amides is 3. The molecule has 0 aliphatic carbocycles. The van der Waals surface area contributed by atoms with Gasteiger partial charge in [0.1, 0.15) is 6.04 Å². The summed E-state index contributed by atoms with van der Waals surface area (Å²) in [6.07, 6.45) is 0.661. The summed E-state index contributed by atoms with van der Waals surface area (Å²) in [6.45, 7) is 0.401. The second kappa shape index (κ2) is 5.10. The van der Waals surface area contributed by atoms with Crippen LogP contribution in [-0.4, -0.2) is 28.7 Å². The van der Waals surface area contributed by atoms with Gasteiger partial charge < -0.3 is 4.90 Å². The molecule has 2 heterocycles. The first kappa shape index (κ1) is 14.0. The molecule has 2 aliphatic heterocycles. The maximum absolute atomic E-state index is 12.4. The molecule has 0 bridgehead atoms. The molecule has 1 aromatic rings. The zero-order chi connectivity index (χ0) is 14.4. The number of carbonyl (C=O) groups excluding carboxylic acids is 3. The van der Waals surface area contributed by atoms with E-state index in [-0.39, 0.29) is 24.1 Å². The average Bonchev–Trinajstić information content (AvgIpc) is 2.72. The van der Waals surface area contributed by atoms with E-state index in [1.54, 1.807) is 11.0 Å². The Morgan fingerprint density at radius 1 is 1.30 bits per heavy atom. The maximum atomic E-state index is 12.4. The summed E-state index contributed by atoms with van der Waals surface area (Å²) < 4.78 is 1.93. The monoisotopic (exact) mass is 448 g/mol. The van der Waals surface area contributed by atoms with Crippen LogP contribution >= 0.6 is 38.5 Å². The first-order valence-electron chi connectivity index (χ1n) is 6.10. The van der Waals surface area contributed by atoms with Crippen molar-refractivity contribution in [3.05, 3.63) is 31.3 Å². The molecule has 0 radical (unpaired) electrons. The molecular formula is C13H10BrIN2O3. The zero-order valence-electron chi connectivity index (χ0n) is 10.3. The van der Waals surface area contributed by atoms with E-state index in [0.29, 0.717) is 18.5 Å². The normalized spacial score (nSPS) is 22.0. The van der Waals surface area contributed by atoms with Gasteiger partial charge in [0.25, 0.3) is 5.91 Å². The maximum Gasteiger partial charge on any atom is 0.255 e. The molecule has 1 aromatic carbocycles. The molecule has 1 atom stereocenters. The van der Waals surface area contributed by atoms with Crippen molar-refractivity contribution in [3.8, 4) is 0 Å². The number of benzene rings is 1. The van der Waals surface area contributed by atoms with E-state index in [2.05, 4.69) is 43.8 Å². The van der Waals surface area contributed by atoms with Gasteiger partial charge in [-0.15, -0.1) is 0 Å². The van der Waals surface area contributed by atoms with E-state index in [1.165, 1.54) is 0 Å². The molecule has 3 rings (SSSR count). The van der Waals surface area contributed by atoms with E-state index in [1.807, 2.05) is 6.07 Å². The first-order valence-corrected chi connectivity index (χ1v) is 7.97. The highest BCUT2D eigenvalue weighted by molar-refractivity contribution is 14.1. The lowest BCUT2D eigenvalue weighted by molar-refractivity contribution is -0.136.